The van der Waals surface area contributed by atoms with Crippen molar-refractivity contribution in [3.63, 3.8) is 0 Å². The third-order valence-corrected chi connectivity index (χ3v) is 10.1. The summed E-state index contributed by atoms with van der Waals surface area (Å²) in [5, 5.41) is 21.7. The lowest BCUT2D eigenvalue weighted by molar-refractivity contribution is -0.153. The number of carbonyl (C=O) groups is 2. The molecule has 2 amide bonds. The number of ether oxygens (including phenoxy) is 2. The fraction of sp³-hybridized carbons (Fsp3) is 0.310. The van der Waals surface area contributed by atoms with Gasteiger partial charge in [0.1, 0.15) is 5.69 Å². The van der Waals surface area contributed by atoms with E-state index in [1.807, 2.05) is 109 Å². The Labute approximate surface area is 313 Å². The summed E-state index contributed by atoms with van der Waals surface area (Å²) in [7, 11) is 0. The minimum atomic E-state index is -0.621. The van der Waals surface area contributed by atoms with Crippen LogP contribution in [0.1, 0.15) is 73.8 Å². The van der Waals surface area contributed by atoms with E-state index in [2.05, 4.69) is 5.32 Å². The molecule has 0 spiro atoms. The van der Waals surface area contributed by atoms with Crippen LogP contribution in [0.5, 0.6) is 0 Å². The van der Waals surface area contributed by atoms with E-state index in [9.17, 15) is 14.7 Å². The monoisotopic (exact) mass is 735 g/mol. The van der Waals surface area contributed by atoms with Crippen LogP contribution in [-0.4, -0.2) is 45.6 Å². The lowest BCUT2D eigenvalue weighted by Crippen LogP contribution is -2.19. The molecule has 4 N–H and O–H groups in total. The van der Waals surface area contributed by atoms with Gasteiger partial charge >= 0.3 is 0 Å². The van der Waals surface area contributed by atoms with Gasteiger partial charge in [0, 0.05) is 46.9 Å². The van der Waals surface area contributed by atoms with E-state index in [0.717, 1.165) is 52.1 Å². The predicted octanol–water partition coefficient (Wildman–Crippen LogP) is 8.67. The van der Waals surface area contributed by atoms with Crippen molar-refractivity contribution in [1.29, 1.82) is 0 Å². The lowest BCUT2D eigenvalue weighted by atomic mass is 9.93. The van der Waals surface area contributed by atoms with Crippen molar-refractivity contribution in [1.82, 2.24) is 10.5 Å². The third kappa shape index (κ3) is 10.9. The van der Waals surface area contributed by atoms with Crippen molar-refractivity contribution in [2.75, 3.05) is 17.7 Å². The van der Waals surface area contributed by atoms with E-state index in [1.54, 1.807) is 5.48 Å². The number of nitrogens with one attached hydrogen (secondary N) is 2. The largest absolute Gasteiger partial charge is 0.431 e. The van der Waals surface area contributed by atoms with Gasteiger partial charge < -0.3 is 24.3 Å². The lowest BCUT2D eigenvalue weighted by Gasteiger charge is -2.21. The Morgan fingerprint density at radius 2 is 1.42 bits per heavy atom. The van der Waals surface area contributed by atoms with E-state index >= 15 is 0 Å². The van der Waals surface area contributed by atoms with Crippen LogP contribution in [0.15, 0.2) is 119 Å². The predicted molar refractivity (Wildman–Crippen MR) is 204 cm³/mol. The number of rotatable bonds is 16. The number of hydrogen-bond donors (Lipinski definition) is 4. The van der Waals surface area contributed by atoms with Crippen molar-refractivity contribution in [3.05, 3.63) is 126 Å². The molecule has 6 rings (SSSR count). The maximum Gasteiger partial charge on any atom is 0.256 e. The summed E-state index contributed by atoms with van der Waals surface area (Å²) in [6, 6.07) is 35.6. The van der Waals surface area contributed by atoms with Crippen LogP contribution in [0.2, 0.25) is 0 Å². The molecular weight excluding hydrogens is 691 g/mol. The number of thioether (sulfide) groups is 1. The van der Waals surface area contributed by atoms with Crippen LogP contribution in [0.3, 0.4) is 0 Å². The molecular formula is C42H45N3O7S. The first-order chi connectivity index (χ1) is 26.0. The summed E-state index contributed by atoms with van der Waals surface area (Å²) in [5.74, 6) is 0.901. The summed E-state index contributed by atoms with van der Waals surface area (Å²) in [5.41, 5.74) is 7.87. The average Bonchev–Trinajstić information content (AvgIpc) is 3.52. The van der Waals surface area contributed by atoms with Crippen LogP contribution < -0.4 is 10.8 Å². The van der Waals surface area contributed by atoms with Crippen molar-refractivity contribution < 1.29 is 33.8 Å². The minimum absolute atomic E-state index is 0.0121. The molecule has 1 saturated heterocycles. The zero-order chi connectivity index (χ0) is 36.8. The summed E-state index contributed by atoms with van der Waals surface area (Å²) in [4.78, 5) is 28.6. The molecule has 2 heterocycles. The van der Waals surface area contributed by atoms with Gasteiger partial charge in [-0.2, -0.15) is 0 Å². The van der Waals surface area contributed by atoms with Gasteiger partial charge in [0.15, 0.2) is 12.1 Å². The average molecular weight is 736 g/mol. The molecule has 53 heavy (non-hydrogen) atoms. The second-order valence-electron chi connectivity index (χ2n) is 13.1. The second kappa shape index (κ2) is 19.3. The number of aliphatic hydroxyl groups is 1. The molecule has 0 bridgehead atoms. The number of hydroxylamine groups is 1. The van der Waals surface area contributed by atoms with Gasteiger partial charge in [-0.3, -0.25) is 14.8 Å². The normalized spacial score (nSPS) is 17.2. The van der Waals surface area contributed by atoms with Gasteiger partial charge in [-0.25, -0.2) is 10.5 Å². The third-order valence-electron chi connectivity index (χ3n) is 9.18. The van der Waals surface area contributed by atoms with Crippen molar-refractivity contribution in [2.45, 2.75) is 75.1 Å². The summed E-state index contributed by atoms with van der Waals surface area (Å²) < 4.78 is 19.5. The fourth-order valence-electron chi connectivity index (χ4n) is 6.30. The highest BCUT2D eigenvalue weighted by atomic mass is 32.2. The Hall–Kier alpha value is -4.78. The quantitative estimate of drug-likeness (QED) is 0.0339. The Kier molecular flexibility index (Phi) is 13.9. The number of carbonyl (C=O) groups excluding carboxylic acids is 2. The Bertz CT molecular complexity index is 1830. The van der Waals surface area contributed by atoms with Crippen molar-refractivity contribution >= 4 is 29.3 Å². The van der Waals surface area contributed by atoms with E-state index in [1.165, 1.54) is 11.8 Å². The molecule has 4 aromatic carbocycles. The maximum atomic E-state index is 12.6. The Morgan fingerprint density at radius 1 is 0.774 bits per heavy atom. The van der Waals surface area contributed by atoms with Gasteiger partial charge in [-0.1, -0.05) is 122 Å². The highest BCUT2D eigenvalue weighted by Gasteiger charge is 2.30. The molecule has 5 aromatic rings. The number of aliphatic hydroxyl groups excluding tert-OH is 1. The molecule has 1 aliphatic heterocycles. The molecule has 0 saturated carbocycles. The molecule has 1 unspecified atom stereocenters. The fourth-order valence-corrected chi connectivity index (χ4v) is 7.14. The Balaban J connectivity index is 1.13. The topological polar surface area (TPSA) is 143 Å². The SMILES string of the molecule is O=C(CCCCCCC(=O)Nc1ccc([C@@H]2OCC(c3ccc(CO)cc3)C[C@H](CSc3nc(-c4ccccc4)c(-c4ccccc4)o3)O2)cc1)NO. The number of hydrogen-bond acceptors (Lipinski definition) is 9. The zero-order valence-electron chi connectivity index (χ0n) is 29.5. The molecule has 1 aromatic heterocycles. The molecule has 0 aliphatic carbocycles. The number of unbranched alkanes of at least 4 members (excludes halogenated alkanes) is 3. The van der Waals surface area contributed by atoms with Crippen molar-refractivity contribution in [3.8, 4) is 22.6 Å². The molecule has 1 aliphatic rings. The first-order valence-corrected chi connectivity index (χ1v) is 19.0. The van der Waals surface area contributed by atoms with Crippen LogP contribution in [0.4, 0.5) is 5.69 Å². The molecule has 3 atom stereocenters. The maximum absolute atomic E-state index is 12.6. The molecule has 10 nitrogen and oxygen atoms in total. The highest BCUT2D eigenvalue weighted by Crippen LogP contribution is 2.39. The zero-order valence-corrected chi connectivity index (χ0v) is 30.3. The minimum Gasteiger partial charge on any atom is -0.431 e. The van der Waals surface area contributed by atoms with E-state index in [-0.39, 0.29) is 31.0 Å². The number of amides is 2. The number of anilines is 1. The van der Waals surface area contributed by atoms with Gasteiger partial charge in [0.25, 0.3) is 5.22 Å². The number of benzene rings is 4. The summed E-state index contributed by atoms with van der Waals surface area (Å²) in [6.07, 6.45) is 3.55. The van der Waals surface area contributed by atoms with E-state index in [0.29, 0.717) is 49.0 Å². The van der Waals surface area contributed by atoms with Crippen LogP contribution >= 0.6 is 11.8 Å². The molecule has 11 heteroatoms. The Morgan fingerprint density at radius 3 is 2.08 bits per heavy atom. The molecule has 0 radical (unpaired) electrons. The van der Waals surface area contributed by atoms with Crippen molar-refractivity contribution in [2.24, 2.45) is 0 Å². The van der Waals surface area contributed by atoms with E-state index in [4.69, 9.17) is 24.1 Å². The molecule has 1 fully saturated rings. The van der Waals surface area contributed by atoms with Crippen LogP contribution in [0, 0.1) is 0 Å². The number of nitrogens with zero attached hydrogens (tertiary/aromatic N) is 1. The highest BCUT2D eigenvalue weighted by molar-refractivity contribution is 7.99. The molecule has 276 valence electrons. The second-order valence-corrected chi connectivity index (χ2v) is 14.0. The summed E-state index contributed by atoms with van der Waals surface area (Å²) in [6.45, 7) is 0.435. The van der Waals surface area contributed by atoms with Gasteiger partial charge in [-0.05, 0) is 42.5 Å². The first-order valence-electron chi connectivity index (χ1n) is 18.0. The summed E-state index contributed by atoms with van der Waals surface area (Å²) >= 11 is 1.52. The van der Waals surface area contributed by atoms with Gasteiger partial charge in [-0.15, -0.1) is 0 Å². The van der Waals surface area contributed by atoms with Crippen LogP contribution in [-0.2, 0) is 25.7 Å². The standard InChI is InChI=1S/C42H45N3O7S/c46-26-29-17-19-30(20-18-29)34-25-36(28-53-42-44-39(31-11-5-3-6-12-31)40(52-42)32-13-7-4-8-14-32)51-41(50-27-34)33-21-23-35(24-22-33)43-37(47)15-9-1-2-10-16-38(48)45-49/h3-8,11-14,17-24,34,36,41,46,49H,1-2,9-10,15-16,25-28H2,(H,43,47)(H,45,48)/t34?,36-,41-/m1/s1. The van der Waals surface area contributed by atoms with E-state index < -0.39 is 12.2 Å². The smallest absolute Gasteiger partial charge is 0.256 e. The van der Waals surface area contributed by atoms with Gasteiger partial charge in [0.05, 0.1) is 19.3 Å². The van der Waals surface area contributed by atoms with Crippen LogP contribution in [0.25, 0.3) is 22.6 Å². The number of aromatic nitrogens is 1. The van der Waals surface area contributed by atoms with Gasteiger partial charge in [0.2, 0.25) is 11.8 Å². The number of oxazole rings is 1. The first kappa shape index (κ1) is 38.0.